The van der Waals surface area contributed by atoms with Crippen molar-refractivity contribution in [2.75, 3.05) is 13.2 Å². The van der Waals surface area contributed by atoms with Crippen LogP contribution in [0, 0.1) is 45.8 Å². The summed E-state index contributed by atoms with van der Waals surface area (Å²) in [6, 6.07) is 61.5. The fourth-order valence-corrected chi connectivity index (χ4v) is 20.6. The number of alkyl halides is 4. The van der Waals surface area contributed by atoms with E-state index in [0.717, 1.165) is 12.8 Å². The van der Waals surface area contributed by atoms with Crippen molar-refractivity contribution in [3.8, 4) is 0 Å². The second-order valence-electron chi connectivity index (χ2n) is 32.0. The van der Waals surface area contributed by atoms with Crippen LogP contribution in [0.5, 0.6) is 0 Å². The molecule has 6 aromatic carbocycles. The number of carbonyl (C=O) groups excluding carboxylic acids is 4. The van der Waals surface area contributed by atoms with Gasteiger partial charge in [0.1, 0.15) is 11.2 Å². The van der Waals surface area contributed by atoms with Crippen LogP contribution in [0.1, 0.15) is 177 Å². The van der Waals surface area contributed by atoms with Gasteiger partial charge < -0.3 is 28.1 Å². The lowest BCUT2D eigenvalue weighted by molar-refractivity contribution is -0.219. The molecule has 14 nitrogen and oxygen atoms in total. The molecular formula is C81H98F4O14S4. The average Bonchev–Trinajstić information content (AvgIpc) is 0.721. The van der Waals surface area contributed by atoms with E-state index in [1.807, 2.05) is 13.8 Å². The number of benzene rings is 6. The summed E-state index contributed by atoms with van der Waals surface area (Å²) in [6.45, 7) is 19.0. The van der Waals surface area contributed by atoms with Gasteiger partial charge in [0, 0.05) is 12.8 Å². The smallest absolute Gasteiger partial charge is 0.367 e. The second-order valence-corrected chi connectivity index (χ2v) is 39.0. The molecule has 8 fully saturated rings. The Labute approximate surface area is 611 Å². The maximum Gasteiger partial charge on any atom is 0.367 e. The highest BCUT2D eigenvalue weighted by molar-refractivity contribution is 7.97. The molecule has 8 saturated carbocycles. The maximum atomic E-state index is 13.4. The average molecular weight is 1500 g/mol. The van der Waals surface area contributed by atoms with Crippen LogP contribution in [0.4, 0.5) is 17.6 Å². The van der Waals surface area contributed by atoms with Gasteiger partial charge in [-0.1, -0.05) is 159 Å². The summed E-state index contributed by atoms with van der Waals surface area (Å²) in [4.78, 5) is 58.7. The zero-order valence-corrected chi connectivity index (χ0v) is 64.0. The van der Waals surface area contributed by atoms with Gasteiger partial charge in [-0.15, -0.1) is 0 Å². The Morgan fingerprint density at radius 3 is 1.00 bits per heavy atom. The Hall–Kier alpha value is -6.56. The highest BCUT2D eigenvalue weighted by Crippen LogP contribution is 2.65. The van der Waals surface area contributed by atoms with Gasteiger partial charge in [-0.25, -0.2) is 16.8 Å². The van der Waals surface area contributed by atoms with Crippen LogP contribution in [0.3, 0.4) is 0 Å². The lowest BCUT2D eigenvalue weighted by Gasteiger charge is -2.60. The van der Waals surface area contributed by atoms with Crippen molar-refractivity contribution >= 4 is 65.9 Å². The third-order valence-corrected chi connectivity index (χ3v) is 27.4. The minimum Gasteiger partial charge on any atom is -0.743 e. The Morgan fingerprint density at radius 2 is 0.738 bits per heavy atom. The number of hydrogen-bond acceptors (Lipinski definition) is 14. The number of carbonyl (C=O) groups is 4. The number of ether oxygens (including phenoxy) is 4. The van der Waals surface area contributed by atoms with Gasteiger partial charge in [0.2, 0.25) is 0 Å². The van der Waals surface area contributed by atoms with E-state index in [0.29, 0.717) is 64.2 Å². The number of rotatable bonds is 20. The van der Waals surface area contributed by atoms with Crippen LogP contribution >= 0.6 is 0 Å². The van der Waals surface area contributed by atoms with Crippen molar-refractivity contribution in [2.24, 2.45) is 45.8 Å². The Balaban J connectivity index is 0.000000160. The first-order chi connectivity index (χ1) is 48.1. The minimum absolute atomic E-state index is 0.0497. The Morgan fingerprint density at radius 1 is 0.456 bits per heavy atom. The van der Waals surface area contributed by atoms with E-state index in [-0.39, 0.29) is 87.0 Å². The quantitative estimate of drug-likeness (QED) is 0.0228. The first-order valence-corrected chi connectivity index (χ1v) is 40.7. The predicted octanol–water partition coefficient (Wildman–Crippen LogP) is 17.7. The number of esters is 4. The van der Waals surface area contributed by atoms with Crippen LogP contribution in [-0.2, 0) is 91.0 Å². The summed E-state index contributed by atoms with van der Waals surface area (Å²) in [7, 11) is -12.0. The molecule has 22 heteroatoms. The third kappa shape index (κ3) is 19.2. The number of halogens is 4. The summed E-state index contributed by atoms with van der Waals surface area (Å²) in [5.74, 6) is -2.41. The molecule has 5 unspecified atom stereocenters. The van der Waals surface area contributed by atoms with Gasteiger partial charge in [0.05, 0.1) is 44.0 Å². The summed E-state index contributed by atoms with van der Waals surface area (Å²) < 4.78 is 139. The highest BCUT2D eigenvalue weighted by atomic mass is 32.2. The lowest BCUT2D eigenvalue weighted by atomic mass is 9.48. The molecular weight excluding hydrogens is 1400 g/mol. The largest absolute Gasteiger partial charge is 0.743 e. The first-order valence-electron chi connectivity index (χ1n) is 35.4. The molecule has 14 rings (SSSR count). The predicted molar refractivity (Wildman–Crippen MR) is 387 cm³/mol. The molecule has 0 aliphatic heterocycles. The summed E-state index contributed by atoms with van der Waals surface area (Å²) in [5, 5.41) is -9.36. The molecule has 0 N–H and O–H groups in total. The molecule has 0 saturated heterocycles. The van der Waals surface area contributed by atoms with Gasteiger partial charge in [0.15, 0.2) is 62.8 Å². The van der Waals surface area contributed by atoms with Crippen LogP contribution in [0.2, 0.25) is 0 Å². The molecule has 558 valence electrons. The standard InChI is InChI=1S/2C22H23S.C19H28F2O7S.C18H26F2O7S/c2*1-22(2,3)18-14-16-21(17-15-18)23(19-10-6-4-7-11-19)20-12-8-5-9-13-20;1-4-16(2,3)14(22)28-18-8-12-5-13(9-18)7-17(6-12,10-18)15(23)27-11-19(20,21)29(24,25)26;1-3-11(2)14(21)27-17-7-12-4-13(8-17)6-16(5-12,9-17)15(22)26-10-18(19,20)28(23,24)25/h2*4-17H,1-3H3;12-13H,4-11H2,1-3H3,(H,24,25,26);11-13H,3-10H2,1-2H3,(H,23,24,25)/q2*+1;;/p-2. The van der Waals surface area contributed by atoms with Gasteiger partial charge in [0.25, 0.3) is 0 Å². The number of hydrogen-bond donors (Lipinski definition) is 0. The van der Waals surface area contributed by atoms with E-state index >= 15 is 0 Å². The van der Waals surface area contributed by atoms with Gasteiger partial charge in [-0.05, 0) is 209 Å². The second kappa shape index (κ2) is 31.5. The molecule has 5 atom stereocenters. The SMILES string of the molecule is CC(C)(C)c1ccc([S+](c2ccccc2)c2ccccc2)cc1.CC(C)(C)c1ccc([S+](c2ccccc2)c2ccccc2)cc1.CCC(C)(C)C(=O)OC12CC3CC(C1)CC(C(=O)OCC(F)(F)S(=O)(=O)[O-])(C3)C2.CCC(C)C(=O)OC12CC3CC(C1)CC(C(=O)OCC(F)(F)S(=O)(=O)[O-])(C3)C2. The van der Waals surface area contributed by atoms with Gasteiger partial charge in [-0.2, -0.15) is 17.6 Å². The zero-order chi connectivity index (χ0) is 75.4. The third-order valence-electron chi connectivity index (χ3n) is 21.3. The molecule has 8 aliphatic carbocycles. The highest BCUT2D eigenvalue weighted by Gasteiger charge is 2.65. The fraction of sp³-hybridized carbons (Fsp3) is 0.506. The fourth-order valence-electron chi connectivity index (χ4n) is 16.0. The summed E-state index contributed by atoms with van der Waals surface area (Å²) >= 11 is 0. The summed E-state index contributed by atoms with van der Waals surface area (Å²) in [6.07, 6.45) is 7.52. The molecule has 8 aliphatic rings. The zero-order valence-electron chi connectivity index (χ0n) is 60.7. The van der Waals surface area contributed by atoms with Crippen molar-refractivity contribution < 1.29 is 81.6 Å². The van der Waals surface area contributed by atoms with Crippen molar-refractivity contribution in [3.05, 3.63) is 181 Å². The molecule has 6 aromatic rings. The van der Waals surface area contributed by atoms with Crippen molar-refractivity contribution in [1.29, 1.82) is 0 Å². The molecule has 0 spiro atoms. The molecule has 0 amide bonds. The van der Waals surface area contributed by atoms with E-state index in [1.54, 1.807) is 20.8 Å². The Bertz CT molecular complexity index is 3890. The first kappa shape index (κ1) is 80.5. The normalized spacial score (nSPS) is 24.5. The van der Waals surface area contributed by atoms with E-state index in [1.165, 1.54) is 40.5 Å². The summed E-state index contributed by atoms with van der Waals surface area (Å²) in [5.41, 5.74) is -1.35. The van der Waals surface area contributed by atoms with E-state index in [2.05, 4.69) is 221 Å². The van der Waals surface area contributed by atoms with E-state index in [4.69, 9.17) is 9.47 Å². The molecule has 8 bridgehead atoms. The monoisotopic (exact) mass is 1500 g/mol. The molecule has 0 radical (unpaired) electrons. The van der Waals surface area contributed by atoms with Crippen molar-refractivity contribution in [3.63, 3.8) is 0 Å². The molecule has 0 heterocycles. The lowest BCUT2D eigenvalue weighted by Crippen LogP contribution is -2.60. The molecule has 0 aromatic heterocycles. The van der Waals surface area contributed by atoms with Crippen LogP contribution in [0.15, 0.2) is 199 Å². The van der Waals surface area contributed by atoms with Crippen LogP contribution < -0.4 is 0 Å². The van der Waals surface area contributed by atoms with E-state index < -0.39 is 83.3 Å². The van der Waals surface area contributed by atoms with Crippen molar-refractivity contribution in [1.82, 2.24) is 0 Å². The minimum atomic E-state index is -5.93. The van der Waals surface area contributed by atoms with E-state index in [9.17, 15) is 62.7 Å². The maximum absolute atomic E-state index is 13.4. The topological polar surface area (TPSA) is 220 Å². The van der Waals surface area contributed by atoms with Crippen LogP contribution in [-0.4, -0.2) is 84.7 Å². The van der Waals surface area contributed by atoms with Gasteiger partial charge in [-0.3, -0.25) is 19.2 Å². The Kier molecular flexibility index (Phi) is 24.6. The van der Waals surface area contributed by atoms with Crippen LogP contribution in [0.25, 0.3) is 0 Å². The van der Waals surface area contributed by atoms with Crippen molar-refractivity contribution in [2.45, 2.75) is 228 Å². The molecule has 103 heavy (non-hydrogen) atoms. The van der Waals surface area contributed by atoms with Gasteiger partial charge >= 0.3 is 34.4 Å².